The van der Waals surface area contributed by atoms with Crippen molar-refractivity contribution in [3.8, 4) is 17.1 Å². The molecule has 0 saturated carbocycles. The van der Waals surface area contributed by atoms with Gasteiger partial charge in [0.25, 0.3) is 0 Å². The highest BCUT2D eigenvalue weighted by Crippen LogP contribution is 2.35. The standard InChI is InChI=1S/C17H14BrClN4/c1-10-9-20-14-8-13(19)5-6-15(14)23-16(10)21-22-17(23)11-3-2-4-12(18)7-11/h2-8,10,20H,9H2,1H3. The van der Waals surface area contributed by atoms with E-state index in [1.54, 1.807) is 0 Å². The molecular formula is C17H14BrClN4. The van der Waals surface area contributed by atoms with Gasteiger partial charge in [0.15, 0.2) is 5.82 Å². The first-order valence-electron chi connectivity index (χ1n) is 7.38. The fraction of sp³-hybridized carbons (Fsp3) is 0.176. The molecule has 2 heterocycles. The van der Waals surface area contributed by atoms with Crippen molar-refractivity contribution < 1.29 is 0 Å². The van der Waals surface area contributed by atoms with Gasteiger partial charge in [-0.25, -0.2) is 0 Å². The number of nitrogens with zero attached hydrogens (tertiary/aromatic N) is 3. The highest BCUT2D eigenvalue weighted by molar-refractivity contribution is 9.10. The lowest BCUT2D eigenvalue weighted by atomic mass is 10.1. The molecule has 1 aliphatic heterocycles. The van der Waals surface area contributed by atoms with Crippen LogP contribution in [0.25, 0.3) is 17.1 Å². The molecule has 4 rings (SSSR count). The summed E-state index contributed by atoms with van der Waals surface area (Å²) < 4.78 is 3.14. The van der Waals surface area contributed by atoms with E-state index in [-0.39, 0.29) is 5.92 Å². The molecule has 1 aliphatic rings. The fourth-order valence-corrected chi connectivity index (χ4v) is 3.44. The number of anilines is 1. The van der Waals surface area contributed by atoms with Crippen molar-refractivity contribution in [2.75, 3.05) is 11.9 Å². The molecule has 116 valence electrons. The Labute approximate surface area is 147 Å². The number of hydrogen-bond donors (Lipinski definition) is 1. The van der Waals surface area contributed by atoms with Gasteiger partial charge in [0.05, 0.1) is 11.4 Å². The van der Waals surface area contributed by atoms with Gasteiger partial charge >= 0.3 is 0 Å². The van der Waals surface area contributed by atoms with Crippen LogP contribution in [0, 0.1) is 0 Å². The van der Waals surface area contributed by atoms with Gasteiger partial charge in [-0.3, -0.25) is 4.57 Å². The molecular weight excluding hydrogens is 376 g/mol. The van der Waals surface area contributed by atoms with Crippen molar-refractivity contribution in [1.82, 2.24) is 14.8 Å². The molecule has 6 heteroatoms. The summed E-state index contributed by atoms with van der Waals surface area (Å²) in [6, 6.07) is 14.0. The van der Waals surface area contributed by atoms with Crippen LogP contribution in [0.2, 0.25) is 5.02 Å². The summed E-state index contributed by atoms with van der Waals surface area (Å²) in [5, 5.41) is 13.1. The Morgan fingerprint density at radius 2 is 2.09 bits per heavy atom. The number of benzene rings is 2. The topological polar surface area (TPSA) is 42.7 Å². The average Bonchev–Trinajstić information content (AvgIpc) is 2.92. The summed E-state index contributed by atoms with van der Waals surface area (Å²) in [4.78, 5) is 0. The smallest absolute Gasteiger partial charge is 0.168 e. The van der Waals surface area contributed by atoms with Crippen LogP contribution in [0.4, 0.5) is 5.69 Å². The second-order valence-electron chi connectivity index (χ2n) is 5.67. The van der Waals surface area contributed by atoms with E-state index in [4.69, 9.17) is 11.6 Å². The molecule has 0 spiro atoms. The van der Waals surface area contributed by atoms with Gasteiger partial charge in [-0.15, -0.1) is 10.2 Å². The molecule has 4 nitrogen and oxygen atoms in total. The van der Waals surface area contributed by atoms with E-state index in [0.717, 1.165) is 39.6 Å². The maximum atomic E-state index is 6.16. The van der Waals surface area contributed by atoms with Crippen molar-refractivity contribution in [3.05, 3.63) is 57.8 Å². The summed E-state index contributed by atoms with van der Waals surface area (Å²) >= 11 is 9.68. The second-order valence-corrected chi connectivity index (χ2v) is 7.02. The van der Waals surface area contributed by atoms with Crippen LogP contribution < -0.4 is 5.32 Å². The van der Waals surface area contributed by atoms with E-state index in [0.29, 0.717) is 5.02 Å². The molecule has 1 unspecified atom stereocenters. The minimum Gasteiger partial charge on any atom is -0.383 e. The van der Waals surface area contributed by atoms with Crippen molar-refractivity contribution in [1.29, 1.82) is 0 Å². The molecule has 0 aliphatic carbocycles. The van der Waals surface area contributed by atoms with Gasteiger partial charge < -0.3 is 5.32 Å². The first-order chi connectivity index (χ1) is 11.1. The molecule has 1 N–H and O–H groups in total. The van der Waals surface area contributed by atoms with Crippen LogP contribution in [-0.2, 0) is 0 Å². The van der Waals surface area contributed by atoms with Crippen LogP contribution in [0.3, 0.4) is 0 Å². The molecule has 0 saturated heterocycles. The largest absolute Gasteiger partial charge is 0.383 e. The number of nitrogens with one attached hydrogen (secondary N) is 1. The molecule has 0 amide bonds. The Morgan fingerprint density at radius 1 is 1.22 bits per heavy atom. The molecule has 23 heavy (non-hydrogen) atoms. The monoisotopic (exact) mass is 388 g/mol. The summed E-state index contributed by atoms with van der Waals surface area (Å²) in [7, 11) is 0. The highest BCUT2D eigenvalue weighted by atomic mass is 79.9. The Bertz CT molecular complexity index is 890. The Kier molecular flexibility index (Phi) is 3.62. The van der Waals surface area contributed by atoms with E-state index < -0.39 is 0 Å². The minimum absolute atomic E-state index is 0.245. The first kappa shape index (κ1) is 14.7. The lowest BCUT2D eigenvalue weighted by Gasteiger charge is -2.12. The van der Waals surface area contributed by atoms with E-state index in [1.165, 1.54) is 0 Å². The van der Waals surface area contributed by atoms with Crippen LogP contribution in [0.1, 0.15) is 18.7 Å². The van der Waals surface area contributed by atoms with E-state index in [9.17, 15) is 0 Å². The fourth-order valence-electron chi connectivity index (χ4n) is 2.87. The lowest BCUT2D eigenvalue weighted by Crippen LogP contribution is -2.09. The quantitative estimate of drug-likeness (QED) is 0.645. The van der Waals surface area contributed by atoms with Gasteiger partial charge in [0.2, 0.25) is 0 Å². The molecule has 0 bridgehead atoms. The average molecular weight is 390 g/mol. The first-order valence-corrected chi connectivity index (χ1v) is 8.55. The summed E-state index contributed by atoms with van der Waals surface area (Å²) in [5.41, 5.74) is 3.04. The molecule has 1 atom stereocenters. The number of hydrogen-bond acceptors (Lipinski definition) is 3. The predicted octanol–water partition coefficient (Wildman–Crippen LogP) is 4.88. The van der Waals surface area contributed by atoms with E-state index in [2.05, 4.69) is 49.0 Å². The molecule has 0 radical (unpaired) electrons. The van der Waals surface area contributed by atoms with Gasteiger partial charge in [0, 0.05) is 27.5 Å². The second kappa shape index (κ2) is 5.65. The van der Waals surface area contributed by atoms with Crippen molar-refractivity contribution in [3.63, 3.8) is 0 Å². The van der Waals surface area contributed by atoms with Crippen molar-refractivity contribution in [2.45, 2.75) is 12.8 Å². The minimum atomic E-state index is 0.245. The molecule has 3 aromatic rings. The summed E-state index contributed by atoms with van der Waals surface area (Å²) in [6.07, 6.45) is 0. The maximum absolute atomic E-state index is 6.16. The zero-order valence-corrected chi connectivity index (χ0v) is 14.8. The normalized spacial score (nSPS) is 16.2. The SMILES string of the molecule is CC1CNc2cc(Cl)ccc2-n2c(-c3cccc(Br)c3)nnc21. The van der Waals surface area contributed by atoms with Crippen LogP contribution in [0.15, 0.2) is 46.9 Å². The number of halogens is 2. The third kappa shape index (κ3) is 2.54. The van der Waals surface area contributed by atoms with Gasteiger partial charge in [-0.1, -0.05) is 46.6 Å². The highest BCUT2D eigenvalue weighted by Gasteiger charge is 2.25. The third-order valence-corrected chi connectivity index (χ3v) is 4.74. The van der Waals surface area contributed by atoms with Crippen LogP contribution in [-0.4, -0.2) is 21.3 Å². The zero-order chi connectivity index (χ0) is 16.0. The van der Waals surface area contributed by atoms with Crippen molar-refractivity contribution >= 4 is 33.2 Å². The lowest BCUT2D eigenvalue weighted by molar-refractivity contribution is 0.725. The van der Waals surface area contributed by atoms with Crippen LogP contribution in [0.5, 0.6) is 0 Å². The molecule has 1 aromatic heterocycles. The number of rotatable bonds is 1. The van der Waals surface area contributed by atoms with E-state index in [1.807, 2.05) is 36.4 Å². The van der Waals surface area contributed by atoms with E-state index >= 15 is 0 Å². The Hall–Kier alpha value is -1.85. The zero-order valence-electron chi connectivity index (χ0n) is 12.4. The number of fused-ring (bicyclic) bond motifs is 3. The summed E-state index contributed by atoms with van der Waals surface area (Å²) in [6.45, 7) is 2.94. The molecule has 0 fully saturated rings. The summed E-state index contributed by atoms with van der Waals surface area (Å²) in [5.74, 6) is 2.03. The van der Waals surface area contributed by atoms with Crippen molar-refractivity contribution in [2.24, 2.45) is 0 Å². The Balaban J connectivity index is 1.99. The molecule has 2 aromatic carbocycles. The third-order valence-electron chi connectivity index (χ3n) is 4.01. The van der Waals surface area contributed by atoms with Gasteiger partial charge in [0.1, 0.15) is 5.82 Å². The number of aromatic nitrogens is 3. The van der Waals surface area contributed by atoms with Crippen LogP contribution >= 0.6 is 27.5 Å². The maximum Gasteiger partial charge on any atom is 0.168 e. The Morgan fingerprint density at radius 3 is 2.91 bits per heavy atom. The van der Waals surface area contributed by atoms with Gasteiger partial charge in [-0.2, -0.15) is 0 Å². The van der Waals surface area contributed by atoms with Gasteiger partial charge in [-0.05, 0) is 30.3 Å². The predicted molar refractivity (Wildman–Crippen MR) is 96.4 cm³/mol.